The van der Waals surface area contributed by atoms with E-state index >= 15 is 0 Å². The predicted octanol–water partition coefficient (Wildman–Crippen LogP) is 2.07. The van der Waals surface area contributed by atoms with Crippen molar-refractivity contribution in [3.8, 4) is 0 Å². The van der Waals surface area contributed by atoms with Crippen molar-refractivity contribution in [2.75, 3.05) is 11.9 Å². The summed E-state index contributed by atoms with van der Waals surface area (Å²) in [5.74, 6) is -0.379. The van der Waals surface area contributed by atoms with Crippen molar-refractivity contribution in [1.82, 2.24) is 5.32 Å². The van der Waals surface area contributed by atoms with E-state index in [1.165, 1.54) is 0 Å². The number of anilines is 1. The van der Waals surface area contributed by atoms with Crippen LogP contribution in [0.4, 0.5) is 5.69 Å². The van der Waals surface area contributed by atoms with Gasteiger partial charge in [0.2, 0.25) is 5.91 Å². The van der Waals surface area contributed by atoms with Crippen LogP contribution in [0, 0.1) is 0 Å². The first-order valence-electron chi connectivity index (χ1n) is 7.43. The Hall–Kier alpha value is -1.88. The standard InChI is InChI=1S/C16H22N2O3/c1-2-17-15(20)12-6-5-7-13(10-12)18-14(19)11-16(21)8-3-4-9-16/h5-7,10,21H,2-4,8-9,11H2,1H3,(H,17,20)(H,18,19). The minimum absolute atomic E-state index is 0.110. The molecule has 0 saturated heterocycles. The molecule has 0 heterocycles. The maximum atomic E-state index is 12.0. The van der Waals surface area contributed by atoms with Crippen molar-refractivity contribution in [3.63, 3.8) is 0 Å². The topological polar surface area (TPSA) is 78.4 Å². The fraction of sp³-hybridized carbons (Fsp3) is 0.500. The lowest BCUT2D eigenvalue weighted by molar-refractivity contribution is -0.120. The molecule has 1 aliphatic rings. The van der Waals surface area contributed by atoms with E-state index in [0.717, 1.165) is 12.8 Å². The molecule has 1 aromatic carbocycles. The van der Waals surface area contributed by atoms with Crippen molar-refractivity contribution in [2.45, 2.75) is 44.6 Å². The smallest absolute Gasteiger partial charge is 0.251 e. The van der Waals surface area contributed by atoms with Gasteiger partial charge in [-0.2, -0.15) is 0 Å². The highest BCUT2D eigenvalue weighted by Crippen LogP contribution is 2.32. The molecular formula is C16H22N2O3. The summed E-state index contributed by atoms with van der Waals surface area (Å²) in [5.41, 5.74) is 0.223. The molecule has 3 N–H and O–H groups in total. The largest absolute Gasteiger partial charge is 0.389 e. The predicted molar refractivity (Wildman–Crippen MR) is 81.1 cm³/mol. The van der Waals surface area contributed by atoms with Gasteiger partial charge in [0.15, 0.2) is 0 Å². The van der Waals surface area contributed by atoms with Crippen LogP contribution in [-0.2, 0) is 4.79 Å². The molecule has 5 heteroatoms. The summed E-state index contributed by atoms with van der Waals surface area (Å²) in [6.45, 7) is 2.41. The van der Waals surface area contributed by atoms with Crippen LogP contribution in [0.3, 0.4) is 0 Å². The number of nitrogens with one attached hydrogen (secondary N) is 2. The molecule has 1 fully saturated rings. The van der Waals surface area contributed by atoms with Crippen LogP contribution < -0.4 is 10.6 Å². The van der Waals surface area contributed by atoms with Gasteiger partial charge in [-0.25, -0.2) is 0 Å². The van der Waals surface area contributed by atoms with Crippen LogP contribution in [0.1, 0.15) is 49.4 Å². The summed E-state index contributed by atoms with van der Waals surface area (Å²) >= 11 is 0. The van der Waals surface area contributed by atoms with Crippen molar-refractivity contribution in [2.24, 2.45) is 0 Å². The zero-order valence-corrected chi connectivity index (χ0v) is 12.3. The van der Waals surface area contributed by atoms with Crippen LogP contribution in [0.25, 0.3) is 0 Å². The molecule has 1 aliphatic carbocycles. The van der Waals surface area contributed by atoms with Crippen molar-refractivity contribution in [3.05, 3.63) is 29.8 Å². The molecule has 0 atom stereocenters. The van der Waals surface area contributed by atoms with E-state index in [-0.39, 0.29) is 18.2 Å². The van der Waals surface area contributed by atoms with Gasteiger partial charge >= 0.3 is 0 Å². The van der Waals surface area contributed by atoms with Crippen LogP contribution in [-0.4, -0.2) is 29.1 Å². The summed E-state index contributed by atoms with van der Waals surface area (Å²) in [4.78, 5) is 23.8. The Bertz CT molecular complexity index is 522. The summed E-state index contributed by atoms with van der Waals surface area (Å²) in [5, 5.41) is 15.7. The van der Waals surface area contributed by atoms with Gasteiger partial charge in [0.05, 0.1) is 12.0 Å². The van der Waals surface area contributed by atoms with Crippen molar-refractivity contribution in [1.29, 1.82) is 0 Å². The maximum absolute atomic E-state index is 12.0. The summed E-state index contributed by atoms with van der Waals surface area (Å²) in [6.07, 6.45) is 3.41. The highest BCUT2D eigenvalue weighted by molar-refractivity contribution is 5.97. The number of hydrogen-bond donors (Lipinski definition) is 3. The monoisotopic (exact) mass is 290 g/mol. The van der Waals surface area contributed by atoms with Gasteiger partial charge in [0.25, 0.3) is 5.91 Å². The summed E-state index contributed by atoms with van der Waals surface area (Å²) in [7, 11) is 0. The molecule has 0 aromatic heterocycles. The van der Waals surface area contributed by atoms with E-state index in [1.807, 2.05) is 6.92 Å². The fourth-order valence-electron chi connectivity index (χ4n) is 2.71. The van der Waals surface area contributed by atoms with Gasteiger partial charge in [-0.3, -0.25) is 9.59 Å². The van der Waals surface area contributed by atoms with Gasteiger partial charge in [-0.1, -0.05) is 18.9 Å². The Morgan fingerprint density at radius 2 is 2.00 bits per heavy atom. The Morgan fingerprint density at radius 1 is 1.29 bits per heavy atom. The molecule has 0 spiro atoms. The number of hydrogen-bond acceptors (Lipinski definition) is 3. The average molecular weight is 290 g/mol. The zero-order chi connectivity index (χ0) is 15.3. The normalized spacial score (nSPS) is 16.5. The first kappa shape index (κ1) is 15.5. The number of aliphatic hydroxyl groups is 1. The first-order valence-corrected chi connectivity index (χ1v) is 7.43. The third-order valence-corrected chi connectivity index (χ3v) is 3.77. The average Bonchev–Trinajstić information content (AvgIpc) is 2.85. The van der Waals surface area contributed by atoms with Gasteiger partial charge in [-0.05, 0) is 38.0 Å². The molecule has 21 heavy (non-hydrogen) atoms. The second-order valence-corrected chi connectivity index (χ2v) is 5.60. The van der Waals surface area contributed by atoms with E-state index in [0.29, 0.717) is 30.6 Å². The Kier molecular flexibility index (Phi) is 4.96. The van der Waals surface area contributed by atoms with E-state index in [9.17, 15) is 14.7 Å². The Balaban J connectivity index is 1.97. The quantitative estimate of drug-likeness (QED) is 0.777. The Labute approximate surface area is 124 Å². The number of benzene rings is 1. The van der Waals surface area contributed by atoms with E-state index in [2.05, 4.69) is 10.6 Å². The van der Waals surface area contributed by atoms with Crippen LogP contribution >= 0.6 is 0 Å². The molecule has 2 rings (SSSR count). The molecule has 2 amide bonds. The molecule has 0 aliphatic heterocycles. The molecule has 0 radical (unpaired) electrons. The Morgan fingerprint density at radius 3 is 2.67 bits per heavy atom. The van der Waals surface area contributed by atoms with Gasteiger partial charge in [0, 0.05) is 17.8 Å². The minimum Gasteiger partial charge on any atom is -0.389 e. The van der Waals surface area contributed by atoms with Crippen LogP contribution in [0.5, 0.6) is 0 Å². The molecular weight excluding hydrogens is 268 g/mol. The summed E-state index contributed by atoms with van der Waals surface area (Å²) < 4.78 is 0. The molecule has 5 nitrogen and oxygen atoms in total. The lowest BCUT2D eigenvalue weighted by Gasteiger charge is -2.21. The molecule has 1 saturated carbocycles. The van der Waals surface area contributed by atoms with Crippen molar-refractivity contribution < 1.29 is 14.7 Å². The van der Waals surface area contributed by atoms with Gasteiger partial charge < -0.3 is 15.7 Å². The van der Waals surface area contributed by atoms with E-state index in [1.54, 1.807) is 24.3 Å². The second kappa shape index (κ2) is 6.72. The van der Waals surface area contributed by atoms with Crippen LogP contribution in [0.15, 0.2) is 24.3 Å². The highest BCUT2D eigenvalue weighted by atomic mass is 16.3. The van der Waals surface area contributed by atoms with Crippen molar-refractivity contribution >= 4 is 17.5 Å². The molecule has 0 bridgehead atoms. The lowest BCUT2D eigenvalue weighted by Crippen LogP contribution is -2.30. The number of carbonyl (C=O) groups excluding carboxylic acids is 2. The fourth-order valence-corrected chi connectivity index (χ4v) is 2.71. The second-order valence-electron chi connectivity index (χ2n) is 5.60. The van der Waals surface area contributed by atoms with E-state index < -0.39 is 5.60 Å². The highest BCUT2D eigenvalue weighted by Gasteiger charge is 2.33. The SMILES string of the molecule is CCNC(=O)c1cccc(NC(=O)CC2(O)CCCC2)c1. The van der Waals surface area contributed by atoms with Gasteiger partial charge in [0.1, 0.15) is 0 Å². The van der Waals surface area contributed by atoms with Crippen LogP contribution in [0.2, 0.25) is 0 Å². The third kappa shape index (κ3) is 4.29. The maximum Gasteiger partial charge on any atom is 0.251 e. The minimum atomic E-state index is -0.860. The lowest BCUT2D eigenvalue weighted by atomic mass is 9.97. The molecule has 1 aromatic rings. The zero-order valence-electron chi connectivity index (χ0n) is 12.3. The van der Waals surface area contributed by atoms with Gasteiger partial charge in [-0.15, -0.1) is 0 Å². The number of carbonyl (C=O) groups is 2. The number of amides is 2. The first-order chi connectivity index (χ1) is 10.0. The molecule has 0 unspecified atom stereocenters. The number of rotatable bonds is 5. The third-order valence-electron chi connectivity index (χ3n) is 3.77. The molecule has 114 valence electrons. The summed E-state index contributed by atoms with van der Waals surface area (Å²) in [6, 6.07) is 6.80. The van der Waals surface area contributed by atoms with E-state index in [4.69, 9.17) is 0 Å².